The zero-order valence-corrected chi connectivity index (χ0v) is 13.6. The molecular weight excluding hydrogens is 292 g/mol. The van der Waals surface area contributed by atoms with Gasteiger partial charge in [-0.1, -0.05) is 0 Å². The molecule has 3 rings (SSSR count). The summed E-state index contributed by atoms with van der Waals surface area (Å²) in [6.45, 7) is 3.92. The van der Waals surface area contributed by atoms with Gasteiger partial charge in [-0.25, -0.2) is 10.9 Å². The number of aryl methyl sites for hydroxylation is 2. The van der Waals surface area contributed by atoms with Crippen molar-refractivity contribution in [2.45, 2.75) is 38.9 Å². The number of hydrazine groups is 1. The lowest BCUT2D eigenvalue weighted by Gasteiger charge is -2.12. The van der Waals surface area contributed by atoms with Gasteiger partial charge in [-0.05, 0) is 31.5 Å². The lowest BCUT2D eigenvalue weighted by molar-refractivity contribution is -0.121. The van der Waals surface area contributed by atoms with Crippen LogP contribution in [-0.2, 0) is 18.3 Å². The van der Waals surface area contributed by atoms with E-state index in [0.29, 0.717) is 6.42 Å². The van der Waals surface area contributed by atoms with Gasteiger partial charge >= 0.3 is 0 Å². The van der Waals surface area contributed by atoms with E-state index in [1.807, 2.05) is 37.7 Å². The molecule has 2 unspecified atom stereocenters. The lowest BCUT2D eigenvalue weighted by Crippen LogP contribution is -2.44. The second kappa shape index (κ2) is 6.47. The largest absolute Gasteiger partial charge is 0.339 e. The summed E-state index contributed by atoms with van der Waals surface area (Å²) in [7, 11) is 1.89. The smallest absolute Gasteiger partial charge is 0.225 e. The van der Waals surface area contributed by atoms with Gasteiger partial charge in [0.05, 0.1) is 18.3 Å². The minimum atomic E-state index is -0.0852. The van der Waals surface area contributed by atoms with E-state index >= 15 is 0 Å². The van der Waals surface area contributed by atoms with Crippen molar-refractivity contribution in [1.29, 1.82) is 0 Å². The fourth-order valence-corrected chi connectivity index (χ4v) is 2.94. The Morgan fingerprint density at radius 3 is 2.74 bits per heavy atom. The maximum Gasteiger partial charge on any atom is 0.225 e. The van der Waals surface area contributed by atoms with Crippen LogP contribution in [0, 0.1) is 13.8 Å². The molecule has 23 heavy (non-hydrogen) atoms. The SMILES string of the molecule is Cc1nn(C)c(C)c1CC(=O)NC1CC(c2ccncc2)NN1. The van der Waals surface area contributed by atoms with Crippen molar-refractivity contribution in [2.24, 2.45) is 7.05 Å². The van der Waals surface area contributed by atoms with Gasteiger partial charge in [0.1, 0.15) is 0 Å². The van der Waals surface area contributed by atoms with Gasteiger partial charge in [0.25, 0.3) is 0 Å². The molecule has 1 aliphatic rings. The predicted octanol–water partition coefficient (Wildman–Crippen LogP) is 0.656. The van der Waals surface area contributed by atoms with Gasteiger partial charge in [0.15, 0.2) is 0 Å². The number of carbonyl (C=O) groups excluding carboxylic acids is 1. The van der Waals surface area contributed by atoms with Gasteiger partial charge in [-0.2, -0.15) is 5.10 Å². The van der Waals surface area contributed by atoms with Crippen LogP contribution in [0.4, 0.5) is 0 Å². The maximum atomic E-state index is 12.3. The Kier molecular flexibility index (Phi) is 4.40. The first-order chi connectivity index (χ1) is 11.0. The number of hydrogen-bond acceptors (Lipinski definition) is 5. The molecule has 0 spiro atoms. The molecule has 1 saturated heterocycles. The summed E-state index contributed by atoms with van der Waals surface area (Å²) < 4.78 is 1.81. The van der Waals surface area contributed by atoms with Gasteiger partial charge in [0.2, 0.25) is 5.91 Å². The molecule has 2 aromatic heterocycles. The Balaban J connectivity index is 1.57. The second-order valence-corrected chi connectivity index (χ2v) is 5.93. The van der Waals surface area contributed by atoms with Crippen LogP contribution in [0.1, 0.15) is 35.0 Å². The lowest BCUT2D eigenvalue weighted by atomic mass is 10.1. The molecule has 3 heterocycles. The fraction of sp³-hybridized carbons (Fsp3) is 0.438. The second-order valence-electron chi connectivity index (χ2n) is 5.93. The quantitative estimate of drug-likeness (QED) is 0.772. The van der Waals surface area contributed by atoms with Gasteiger partial charge in [-0.3, -0.25) is 14.5 Å². The molecule has 1 amide bonds. The number of hydrogen-bond donors (Lipinski definition) is 3. The van der Waals surface area contributed by atoms with Crippen LogP contribution in [-0.4, -0.2) is 26.8 Å². The topological polar surface area (TPSA) is 83.9 Å². The third-order valence-corrected chi connectivity index (χ3v) is 4.34. The minimum Gasteiger partial charge on any atom is -0.339 e. The average molecular weight is 314 g/mol. The number of nitrogens with one attached hydrogen (secondary N) is 3. The highest BCUT2D eigenvalue weighted by atomic mass is 16.1. The Bertz CT molecular complexity index is 696. The molecule has 7 nitrogen and oxygen atoms in total. The van der Waals surface area contributed by atoms with Gasteiger partial charge in [0, 0.05) is 43.2 Å². The molecule has 122 valence electrons. The summed E-state index contributed by atoms with van der Waals surface area (Å²) in [5.41, 5.74) is 10.4. The molecular formula is C16H22N6O. The summed E-state index contributed by atoms with van der Waals surface area (Å²) in [6, 6.07) is 4.13. The monoisotopic (exact) mass is 314 g/mol. The van der Waals surface area contributed by atoms with Crippen molar-refractivity contribution < 1.29 is 4.79 Å². The van der Waals surface area contributed by atoms with Crippen molar-refractivity contribution in [2.75, 3.05) is 0 Å². The summed E-state index contributed by atoms with van der Waals surface area (Å²) >= 11 is 0. The Morgan fingerprint density at radius 2 is 2.09 bits per heavy atom. The van der Waals surface area contributed by atoms with E-state index in [2.05, 4.69) is 26.3 Å². The predicted molar refractivity (Wildman–Crippen MR) is 86.2 cm³/mol. The Hall–Kier alpha value is -2.25. The highest BCUT2D eigenvalue weighted by Crippen LogP contribution is 2.20. The standard InChI is InChI=1S/C16H22N6O/c1-10-13(11(2)22(3)21-10)8-16(23)18-15-9-14(19-20-15)12-4-6-17-7-5-12/h4-7,14-15,19-20H,8-9H2,1-3H3,(H,18,23). The first kappa shape index (κ1) is 15.6. The third kappa shape index (κ3) is 3.40. The molecule has 7 heteroatoms. The number of pyridine rings is 1. The van der Waals surface area contributed by atoms with E-state index < -0.39 is 0 Å². The van der Waals surface area contributed by atoms with Crippen molar-refractivity contribution in [3.63, 3.8) is 0 Å². The molecule has 0 bridgehead atoms. The average Bonchev–Trinajstić information content (AvgIpc) is 3.09. The van der Waals surface area contributed by atoms with E-state index in [1.165, 1.54) is 0 Å². The maximum absolute atomic E-state index is 12.3. The van der Waals surface area contributed by atoms with E-state index in [0.717, 1.165) is 28.9 Å². The zero-order valence-electron chi connectivity index (χ0n) is 13.6. The molecule has 1 fully saturated rings. The van der Waals surface area contributed by atoms with Crippen molar-refractivity contribution in [1.82, 2.24) is 30.9 Å². The van der Waals surface area contributed by atoms with Gasteiger partial charge < -0.3 is 5.32 Å². The third-order valence-electron chi connectivity index (χ3n) is 4.34. The Morgan fingerprint density at radius 1 is 1.35 bits per heavy atom. The van der Waals surface area contributed by atoms with Crippen LogP contribution in [0.2, 0.25) is 0 Å². The highest BCUT2D eigenvalue weighted by molar-refractivity contribution is 5.79. The first-order valence-corrected chi connectivity index (χ1v) is 7.74. The van der Waals surface area contributed by atoms with Crippen LogP contribution < -0.4 is 16.2 Å². The zero-order chi connectivity index (χ0) is 16.4. The van der Waals surface area contributed by atoms with E-state index in [4.69, 9.17) is 0 Å². The van der Waals surface area contributed by atoms with Crippen molar-refractivity contribution >= 4 is 5.91 Å². The molecule has 1 aliphatic heterocycles. The van der Waals surface area contributed by atoms with Crippen molar-refractivity contribution in [3.05, 3.63) is 47.0 Å². The summed E-state index contributed by atoms with van der Waals surface area (Å²) in [5, 5.41) is 7.38. The van der Waals surface area contributed by atoms with Crippen LogP contribution in [0.15, 0.2) is 24.5 Å². The minimum absolute atomic E-state index is 0.00104. The molecule has 0 saturated carbocycles. The summed E-state index contributed by atoms with van der Waals surface area (Å²) in [4.78, 5) is 16.3. The highest BCUT2D eigenvalue weighted by Gasteiger charge is 2.26. The van der Waals surface area contributed by atoms with Crippen LogP contribution in [0.25, 0.3) is 0 Å². The molecule has 0 aromatic carbocycles. The molecule has 0 radical (unpaired) electrons. The molecule has 0 aliphatic carbocycles. The number of aromatic nitrogens is 3. The van der Waals surface area contributed by atoms with E-state index in [-0.39, 0.29) is 18.1 Å². The van der Waals surface area contributed by atoms with Crippen LogP contribution >= 0.6 is 0 Å². The number of rotatable bonds is 4. The fourth-order valence-electron chi connectivity index (χ4n) is 2.94. The van der Waals surface area contributed by atoms with E-state index in [9.17, 15) is 4.79 Å². The Labute approximate surface area is 135 Å². The molecule has 2 atom stereocenters. The number of nitrogens with zero attached hydrogens (tertiary/aromatic N) is 3. The van der Waals surface area contributed by atoms with Gasteiger partial charge in [-0.15, -0.1) is 0 Å². The van der Waals surface area contributed by atoms with Crippen LogP contribution in [0.3, 0.4) is 0 Å². The van der Waals surface area contributed by atoms with E-state index in [1.54, 1.807) is 12.4 Å². The van der Waals surface area contributed by atoms with Crippen molar-refractivity contribution in [3.8, 4) is 0 Å². The molecule has 2 aromatic rings. The number of amides is 1. The summed E-state index contributed by atoms with van der Waals surface area (Å²) in [6.07, 6.45) is 4.61. The van der Waals surface area contributed by atoms with Crippen LogP contribution in [0.5, 0.6) is 0 Å². The number of carbonyl (C=O) groups is 1. The molecule has 3 N–H and O–H groups in total. The first-order valence-electron chi connectivity index (χ1n) is 7.74. The normalized spacial score (nSPS) is 20.7. The summed E-state index contributed by atoms with van der Waals surface area (Å²) in [5.74, 6) is -0.00104.